The highest BCUT2D eigenvalue weighted by Crippen LogP contribution is 2.13. The van der Waals surface area contributed by atoms with E-state index in [0.717, 1.165) is 29.3 Å². The van der Waals surface area contributed by atoms with Gasteiger partial charge in [0.2, 0.25) is 0 Å². The number of aromatic nitrogens is 3. The van der Waals surface area contributed by atoms with Crippen molar-refractivity contribution < 1.29 is 0 Å². The van der Waals surface area contributed by atoms with Gasteiger partial charge in [-0.1, -0.05) is 6.07 Å². The smallest absolute Gasteiger partial charge is 0.137 e. The Morgan fingerprint density at radius 3 is 3.00 bits per heavy atom. The third kappa shape index (κ3) is 2.89. The normalized spacial score (nSPS) is 12.9. The highest BCUT2D eigenvalue weighted by atomic mass is 32.1. The molecule has 0 amide bonds. The number of imidazole rings is 1. The summed E-state index contributed by atoms with van der Waals surface area (Å²) in [5.74, 6) is 0. The van der Waals surface area contributed by atoms with Crippen LogP contribution in [0.15, 0.2) is 36.0 Å². The van der Waals surface area contributed by atoms with E-state index in [1.807, 2.05) is 31.3 Å². The first-order valence-corrected chi connectivity index (χ1v) is 7.68. The van der Waals surface area contributed by atoms with Gasteiger partial charge in [0.25, 0.3) is 0 Å². The number of fused-ring (bicyclic) bond motifs is 1. The first kappa shape index (κ1) is 13.3. The van der Waals surface area contributed by atoms with Crippen LogP contribution in [-0.2, 0) is 6.42 Å². The molecule has 1 unspecified atom stereocenters. The molecule has 3 aromatic rings. The fraction of sp³-hybridized carbons (Fsp3) is 0.333. The summed E-state index contributed by atoms with van der Waals surface area (Å²) in [5, 5.41) is 6.77. The van der Waals surface area contributed by atoms with Gasteiger partial charge in [-0.3, -0.25) is 0 Å². The van der Waals surface area contributed by atoms with Crippen LogP contribution in [0.2, 0.25) is 0 Å². The summed E-state index contributed by atoms with van der Waals surface area (Å²) >= 11 is 1.71. The van der Waals surface area contributed by atoms with Crippen molar-refractivity contribution in [2.45, 2.75) is 26.3 Å². The van der Waals surface area contributed by atoms with E-state index >= 15 is 0 Å². The van der Waals surface area contributed by atoms with Gasteiger partial charge in [-0.15, -0.1) is 11.3 Å². The van der Waals surface area contributed by atoms with Gasteiger partial charge < -0.3 is 9.72 Å². The summed E-state index contributed by atoms with van der Waals surface area (Å²) < 4.78 is 2.05. The van der Waals surface area contributed by atoms with Crippen LogP contribution in [0.4, 0.5) is 0 Å². The van der Waals surface area contributed by atoms with Crippen molar-refractivity contribution in [1.82, 2.24) is 19.7 Å². The molecule has 3 aromatic heterocycles. The monoisotopic (exact) mass is 286 g/mol. The largest absolute Gasteiger partial charge is 0.308 e. The minimum absolute atomic E-state index is 0.245. The molecule has 1 atom stereocenters. The van der Waals surface area contributed by atoms with E-state index in [1.165, 1.54) is 5.69 Å². The predicted octanol–water partition coefficient (Wildman–Crippen LogP) is 2.99. The summed E-state index contributed by atoms with van der Waals surface area (Å²) in [6, 6.07) is 6.29. The zero-order valence-corrected chi connectivity index (χ0v) is 12.5. The number of pyridine rings is 1. The van der Waals surface area contributed by atoms with Crippen LogP contribution in [0.3, 0.4) is 0 Å². The topological polar surface area (TPSA) is 42.2 Å². The minimum atomic E-state index is 0.245. The van der Waals surface area contributed by atoms with Crippen molar-refractivity contribution in [2.24, 2.45) is 0 Å². The molecule has 0 radical (unpaired) electrons. The number of hydrogen-bond donors (Lipinski definition) is 1. The number of hydrogen-bond acceptors (Lipinski definition) is 4. The van der Waals surface area contributed by atoms with E-state index in [1.54, 1.807) is 11.3 Å². The van der Waals surface area contributed by atoms with Crippen molar-refractivity contribution in [2.75, 3.05) is 6.54 Å². The minimum Gasteiger partial charge on any atom is -0.308 e. The Bertz CT molecular complexity index is 668. The van der Waals surface area contributed by atoms with Gasteiger partial charge in [0, 0.05) is 36.8 Å². The lowest BCUT2D eigenvalue weighted by Crippen LogP contribution is -2.21. The standard InChI is InChI=1S/C15H18N4S/c1-11(16-7-6-13-10-20-12(2)17-13)14-9-19-8-4-3-5-15(19)18-14/h3-5,8-11,16H,6-7H2,1-2H3. The van der Waals surface area contributed by atoms with E-state index < -0.39 is 0 Å². The first-order chi connectivity index (χ1) is 9.72. The van der Waals surface area contributed by atoms with Gasteiger partial charge in [-0.05, 0) is 26.0 Å². The van der Waals surface area contributed by atoms with Crippen molar-refractivity contribution in [3.05, 3.63) is 52.4 Å². The van der Waals surface area contributed by atoms with Crippen LogP contribution in [0.1, 0.15) is 29.4 Å². The van der Waals surface area contributed by atoms with Gasteiger partial charge in [0.1, 0.15) is 5.65 Å². The summed E-state index contributed by atoms with van der Waals surface area (Å²) in [4.78, 5) is 9.10. The summed E-state index contributed by atoms with van der Waals surface area (Å²) in [6.07, 6.45) is 5.07. The molecular weight excluding hydrogens is 268 g/mol. The summed E-state index contributed by atoms with van der Waals surface area (Å²) in [7, 11) is 0. The molecule has 4 nitrogen and oxygen atoms in total. The Hall–Kier alpha value is -1.72. The lowest BCUT2D eigenvalue weighted by molar-refractivity contribution is 0.564. The van der Waals surface area contributed by atoms with Crippen LogP contribution in [-0.4, -0.2) is 20.9 Å². The molecule has 0 saturated heterocycles. The van der Waals surface area contributed by atoms with Crippen LogP contribution in [0, 0.1) is 6.92 Å². The van der Waals surface area contributed by atoms with E-state index in [0.29, 0.717) is 0 Å². The lowest BCUT2D eigenvalue weighted by Gasteiger charge is -2.10. The molecular formula is C15H18N4S. The number of nitrogens with zero attached hydrogens (tertiary/aromatic N) is 3. The fourth-order valence-corrected chi connectivity index (χ4v) is 2.85. The van der Waals surface area contributed by atoms with Gasteiger partial charge >= 0.3 is 0 Å². The van der Waals surface area contributed by atoms with Crippen LogP contribution in [0.25, 0.3) is 5.65 Å². The van der Waals surface area contributed by atoms with Crippen molar-refractivity contribution in [3.8, 4) is 0 Å². The molecule has 0 saturated carbocycles. The Balaban J connectivity index is 1.59. The molecule has 1 N–H and O–H groups in total. The van der Waals surface area contributed by atoms with E-state index in [9.17, 15) is 0 Å². The molecule has 5 heteroatoms. The Labute approximate surface area is 122 Å². The molecule has 0 fully saturated rings. The fourth-order valence-electron chi connectivity index (χ4n) is 2.21. The van der Waals surface area contributed by atoms with Crippen molar-refractivity contribution in [3.63, 3.8) is 0 Å². The molecule has 3 heterocycles. The molecule has 0 aliphatic rings. The van der Waals surface area contributed by atoms with Gasteiger partial charge in [0.15, 0.2) is 0 Å². The third-order valence-corrected chi connectivity index (χ3v) is 4.15. The second kappa shape index (κ2) is 5.73. The molecule has 0 aliphatic heterocycles. The van der Waals surface area contributed by atoms with Crippen molar-refractivity contribution >= 4 is 17.0 Å². The van der Waals surface area contributed by atoms with E-state index in [4.69, 9.17) is 0 Å². The molecule has 3 rings (SSSR count). The van der Waals surface area contributed by atoms with Crippen LogP contribution in [0.5, 0.6) is 0 Å². The maximum atomic E-state index is 4.63. The van der Waals surface area contributed by atoms with Crippen LogP contribution >= 0.6 is 11.3 Å². The Morgan fingerprint density at radius 2 is 2.25 bits per heavy atom. The van der Waals surface area contributed by atoms with Gasteiger partial charge in [0.05, 0.1) is 16.4 Å². The lowest BCUT2D eigenvalue weighted by atomic mass is 10.2. The van der Waals surface area contributed by atoms with Gasteiger partial charge in [-0.2, -0.15) is 0 Å². The van der Waals surface area contributed by atoms with E-state index in [-0.39, 0.29) is 6.04 Å². The number of rotatable bonds is 5. The summed E-state index contributed by atoms with van der Waals surface area (Å²) in [6.45, 7) is 5.10. The second-order valence-corrected chi connectivity index (χ2v) is 5.98. The SMILES string of the molecule is Cc1nc(CCNC(C)c2cn3ccccc3n2)cs1. The molecule has 0 spiro atoms. The highest BCUT2D eigenvalue weighted by Gasteiger charge is 2.09. The zero-order chi connectivity index (χ0) is 13.9. The first-order valence-electron chi connectivity index (χ1n) is 6.80. The Morgan fingerprint density at radius 1 is 1.35 bits per heavy atom. The zero-order valence-electron chi connectivity index (χ0n) is 11.7. The average molecular weight is 286 g/mol. The maximum absolute atomic E-state index is 4.63. The number of aryl methyl sites for hydroxylation is 1. The predicted molar refractivity (Wildman–Crippen MR) is 82.2 cm³/mol. The molecule has 104 valence electrons. The number of nitrogens with one attached hydrogen (secondary N) is 1. The van der Waals surface area contributed by atoms with Crippen molar-refractivity contribution in [1.29, 1.82) is 0 Å². The number of thiazole rings is 1. The summed E-state index contributed by atoms with van der Waals surface area (Å²) in [5.41, 5.74) is 3.24. The second-order valence-electron chi connectivity index (χ2n) is 4.92. The highest BCUT2D eigenvalue weighted by molar-refractivity contribution is 7.09. The molecule has 0 bridgehead atoms. The quantitative estimate of drug-likeness (QED) is 0.784. The Kier molecular flexibility index (Phi) is 3.80. The third-order valence-electron chi connectivity index (χ3n) is 3.32. The maximum Gasteiger partial charge on any atom is 0.137 e. The molecule has 0 aromatic carbocycles. The average Bonchev–Trinajstić information content (AvgIpc) is 3.04. The van der Waals surface area contributed by atoms with Gasteiger partial charge in [-0.25, -0.2) is 9.97 Å². The molecule has 0 aliphatic carbocycles. The van der Waals surface area contributed by atoms with Crippen LogP contribution < -0.4 is 5.32 Å². The molecule has 20 heavy (non-hydrogen) atoms. The van der Waals surface area contributed by atoms with E-state index in [2.05, 4.69) is 38.2 Å².